The SMILES string of the molecule is CC(C)C(=O)NCCNC(=O)NCCc1ccccc1. The van der Waals surface area contributed by atoms with Gasteiger partial charge in [-0.1, -0.05) is 44.2 Å². The molecule has 0 fully saturated rings. The fourth-order valence-electron chi connectivity index (χ4n) is 1.59. The maximum absolute atomic E-state index is 11.5. The summed E-state index contributed by atoms with van der Waals surface area (Å²) in [6, 6.07) is 9.77. The van der Waals surface area contributed by atoms with Crippen molar-refractivity contribution < 1.29 is 9.59 Å². The third kappa shape index (κ3) is 6.78. The highest BCUT2D eigenvalue weighted by Gasteiger charge is 2.05. The van der Waals surface area contributed by atoms with Crippen molar-refractivity contribution in [2.24, 2.45) is 5.92 Å². The fraction of sp³-hybridized carbons (Fsp3) is 0.467. The summed E-state index contributed by atoms with van der Waals surface area (Å²) in [5.74, 6) is -0.0361. The lowest BCUT2D eigenvalue weighted by Crippen LogP contribution is -2.41. The molecule has 3 N–H and O–H groups in total. The van der Waals surface area contributed by atoms with Crippen molar-refractivity contribution in [1.29, 1.82) is 0 Å². The van der Waals surface area contributed by atoms with E-state index in [1.165, 1.54) is 5.56 Å². The maximum atomic E-state index is 11.5. The molecular weight excluding hydrogens is 254 g/mol. The fourth-order valence-corrected chi connectivity index (χ4v) is 1.59. The largest absolute Gasteiger partial charge is 0.354 e. The van der Waals surface area contributed by atoms with Crippen molar-refractivity contribution in [3.63, 3.8) is 0 Å². The van der Waals surface area contributed by atoms with Crippen molar-refractivity contribution in [2.45, 2.75) is 20.3 Å². The smallest absolute Gasteiger partial charge is 0.314 e. The molecule has 0 spiro atoms. The van der Waals surface area contributed by atoms with Crippen LogP contribution >= 0.6 is 0 Å². The Kier molecular flexibility index (Phi) is 7.17. The number of amides is 3. The van der Waals surface area contributed by atoms with E-state index in [2.05, 4.69) is 16.0 Å². The van der Waals surface area contributed by atoms with Crippen LogP contribution in [0.1, 0.15) is 19.4 Å². The van der Waals surface area contributed by atoms with Gasteiger partial charge in [0.25, 0.3) is 0 Å². The first-order chi connectivity index (χ1) is 9.59. The average molecular weight is 277 g/mol. The van der Waals surface area contributed by atoms with Gasteiger partial charge in [0.2, 0.25) is 5.91 Å². The normalized spacial score (nSPS) is 10.2. The highest BCUT2D eigenvalue weighted by atomic mass is 16.2. The molecule has 0 saturated carbocycles. The van der Waals surface area contributed by atoms with Gasteiger partial charge in [-0.05, 0) is 12.0 Å². The Morgan fingerprint density at radius 3 is 2.20 bits per heavy atom. The summed E-state index contributed by atoms with van der Waals surface area (Å²) in [6.45, 7) is 5.13. The van der Waals surface area contributed by atoms with Crippen LogP contribution in [0.2, 0.25) is 0 Å². The maximum Gasteiger partial charge on any atom is 0.314 e. The molecule has 0 aliphatic carbocycles. The van der Waals surface area contributed by atoms with E-state index >= 15 is 0 Å². The monoisotopic (exact) mass is 277 g/mol. The number of benzene rings is 1. The molecule has 0 unspecified atom stereocenters. The van der Waals surface area contributed by atoms with Gasteiger partial charge in [0.1, 0.15) is 0 Å². The minimum Gasteiger partial charge on any atom is -0.354 e. The molecule has 20 heavy (non-hydrogen) atoms. The number of hydrogen-bond acceptors (Lipinski definition) is 2. The predicted molar refractivity (Wildman–Crippen MR) is 79.4 cm³/mol. The zero-order valence-corrected chi connectivity index (χ0v) is 12.1. The Labute approximate surface area is 120 Å². The number of hydrogen-bond donors (Lipinski definition) is 3. The standard InChI is InChI=1S/C15H23N3O2/c1-12(2)14(19)16-10-11-18-15(20)17-9-8-13-6-4-3-5-7-13/h3-7,12H,8-11H2,1-2H3,(H,16,19)(H2,17,18,20). The molecule has 1 rings (SSSR count). The molecule has 0 radical (unpaired) electrons. The molecule has 0 heterocycles. The Bertz CT molecular complexity index is 418. The first-order valence-corrected chi connectivity index (χ1v) is 6.93. The van der Waals surface area contributed by atoms with Crippen LogP contribution in [0, 0.1) is 5.92 Å². The van der Waals surface area contributed by atoms with E-state index in [0.717, 1.165) is 6.42 Å². The lowest BCUT2D eigenvalue weighted by molar-refractivity contribution is -0.123. The van der Waals surface area contributed by atoms with Crippen LogP contribution in [0.3, 0.4) is 0 Å². The molecule has 0 bridgehead atoms. The van der Waals surface area contributed by atoms with E-state index in [4.69, 9.17) is 0 Å². The first-order valence-electron chi connectivity index (χ1n) is 6.93. The van der Waals surface area contributed by atoms with Crippen LogP contribution in [0.25, 0.3) is 0 Å². The van der Waals surface area contributed by atoms with E-state index in [9.17, 15) is 9.59 Å². The lowest BCUT2D eigenvalue weighted by Gasteiger charge is -2.09. The molecule has 0 atom stereocenters. The summed E-state index contributed by atoms with van der Waals surface area (Å²) in [5, 5.41) is 8.22. The quantitative estimate of drug-likeness (QED) is 0.657. The second-order valence-electron chi connectivity index (χ2n) is 4.86. The second-order valence-corrected chi connectivity index (χ2v) is 4.86. The highest BCUT2D eigenvalue weighted by Crippen LogP contribution is 1.97. The van der Waals surface area contributed by atoms with E-state index in [1.807, 2.05) is 44.2 Å². The first kappa shape index (κ1) is 16.0. The van der Waals surface area contributed by atoms with Gasteiger partial charge in [0.05, 0.1) is 0 Å². The van der Waals surface area contributed by atoms with Gasteiger partial charge in [0.15, 0.2) is 0 Å². The Morgan fingerprint density at radius 2 is 1.55 bits per heavy atom. The van der Waals surface area contributed by atoms with Gasteiger partial charge in [-0.3, -0.25) is 4.79 Å². The molecule has 110 valence electrons. The van der Waals surface area contributed by atoms with Crippen LogP contribution in [0.15, 0.2) is 30.3 Å². The van der Waals surface area contributed by atoms with Crippen LogP contribution in [0.4, 0.5) is 4.79 Å². The number of nitrogens with one attached hydrogen (secondary N) is 3. The van der Waals surface area contributed by atoms with E-state index in [0.29, 0.717) is 19.6 Å². The van der Waals surface area contributed by atoms with Crippen molar-refractivity contribution in [2.75, 3.05) is 19.6 Å². The van der Waals surface area contributed by atoms with Gasteiger partial charge in [-0.2, -0.15) is 0 Å². The molecule has 3 amide bonds. The van der Waals surface area contributed by atoms with E-state index < -0.39 is 0 Å². The molecular formula is C15H23N3O2. The highest BCUT2D eigenvalue weighted by molar-refractivity contribution is 5.78. The van der Waals surface area contributed by atoms with Crippen LogP contribution < -0.4 is 16.0 Å². The number of carbonyl (C=O) groups is 2. The topological polar surface area (TPSA) is 70.2 Å². The summed E-state index contributed by atoms with van der Waals surface area (Å²) < 4.78 is 0. The van der Waals surface area contributed by atoms with Crippen molar-refractivity contribution in [1.82, 2.24) is 16.0 Å². The molecule has 1 aromatic carbocycles. The zero-order valence-electron chi connectivity index (χ0n) is 12.1. The van der Waals surface area contributed by atoms with Crippen molar-refractivity contribution >= 4 is 11.9 Å². The van der Waals surface area contributed by atoms with E-state index in [-0.39, 0.29) is 17.9 Å². The van der Waals surface area contributed by atoms with Gasteiger partial charge < -0.3 is 16.0 Å². The summed E-state index contributed by atoms with van der Waals surface area (Å²) in [7, 11) is 0. The van der Waals surface area contributed by atoms with Crippen molar-refractivity contribution in [3.8, 4) is 0 Å². The minimum atomic E-state index is -0.209. The van der Waals surface area contributed by atoms with Gasteiger partial charge in [-0.25, -0.2) is 4.79 Å². The molecule has 0 aliphatic heterocycles. The molecule has 0 saturated heterocycles. The van der Waals surface area contributed by atoms with Crippen LogP contribution in [0.5, 0.6) is 0 Å². The second kappa shape index (κ2) is 8.96. The summed E-state index contributed by atoms with van der Waals surface area (Å²) in [6.07, 6.45) is 0.804. The molecule has 0 aromatic heterocycles. The predicted octanol–water partition coefficient (Wildman–Crippen LogP) is 1.30. The third-order valence-electron chi connectivity index (χ3n) is 2.78. The van der Waals surface area contributed by atoms with Crippen LogP contribution in [-0.4, -0.2) is 31.6 Å². The molecule has 1 aromatic rings. The third-order valence-corrected chi connectivity index (χ3v) is 2.78. The van der Waals surface area contributed by atoms with Crippen molar-refractivity contribution in [3.05, 3.63) is 35.9 Å². The lowest BCUT2D eigenvalue weighted by atomic mass is 10.1. The summed E-state index contributed by atoms with van der Waals surface area (Å²) in [4.78, 5) is 22.8. The summed E-state index contributed by atoms with van der Waals surface area (Å²) in [5.41, 5.74) is 1.19. The Morgan fingerprint density at radius 1 is 0.950 bits per heavy atom. The van der Waals surface area contributed by atoms with Gasteiger partial charge in [-0.15, -0.1) is 0 Å². The number of carbonyl (C=O) groups excluding carboxylic acids is 2. The molecule has 0 aliphatic rings. The minimum absolute atomic E-state index is 0.00344. The van der Waals surface area contributed by atoms with Gasteiger partial charge >= 0.3 is 6.03 Å². The molecule has 5 heteroatoms. The average Bonchev–Trinajstić information content (AvgIpc) is 2.44. The van der Waals surface area contributed by atoms with Gasteiger partial charge in [0, 0.05) is 25.6 Å². The van der Waals surface area contributed by atoms with E-state index in [1.54, 1.807) is 0 Å². The number of urea groups is 1. The van der Waals surface area contributed by atoms with Crippen LogP contribution in [-0.2, 0) is 11.2 Å². The summed E-state index contributed by atoms with van der Waals surface area (Å²) >= 11 is 0. The Hall–Kier alpha value is -2.04. The Balaban J connectivity index is 2.05. The molecule has 5 nitrogen and oxygen atoms in total. The number of rotatable bonds is 7. The zero-order chi connectivity index (χ0) is 14.8.